The molecule has 0 unspecified atom stereocenters. The molecular formula is C6H11NO6. The summed E-state index contributed by atoms with van der Waals surface area (Å²) in [5, 5.41) is 23.2. The molecule has 0 aliphatic rings. The van der Waals surface area contributed by atoms with Crippen LogP contribution in [0.3, 0.4) is 0 Å². The van der Waals surface area contributed by atoms with Crippen molar-refractivity contribution in [2.24, 2.45) is 5.73 Å². The first-order valence-electron chi connectivity index (χ1n) is 3.25. The molecule has 0 radical (unpaired) electrons. The van der Waals surface area contributed by atoms with Gasteiger partial charge in [0.25, 0.3) is 0 Å². The predicted octanol–water partition coefficient (Wildman–Crippen LogP) is -1.03. The number of hydrogen-bond donors (Lipinski definition) is 4. The number of carbonyl (C=O) groups is 3. The number of carboxylic acid groups (broad SMARTS) is 3. The van der Waals surface area contributed by atoms with Crippen molar-refractivity contribution in [3.8, 4) is 0 Å². The van der Waals surface area contributed by atoms with Crippen LogP contribution in [0.25, 0.3) is 0 Å². The van der Waals surface area contributed by atoms with E-state index in [9.17, 15) is 14.4 Å². The number of rotatable bonds is 4. The molecule has 0 saturated carbocycles. The summed E-state index contributed by atoms with van der Waals surface area (Å²) < 4.78 is 0. The van der Waals surface area contributed by atoms with E-state index >= 15 is 0 Å². The Morgan fingerprint density at radius 1 is 0.923 bits per heavy atom. The van der Waals surface area contributed by atoms with Crippen LogP contribution < -0.4 is 5.73 Å². The van der Waals surface area contributed by atoms with E-state index in [1.807, 2.05) is 0 Å². The molecule has 0 amide bonds. The first-order chi connectivity index (χ1) is 5.90. The number of hydrogen-bond acceptors (Lipinski definition) is 4. The second kappa shape index (κ2) is 8.47. The largest absolute Gasteiger partial charge is 0.481 e. The summed E-state index contributed by atoms with van der Waals surface area (Å²) in [6.07, 6.45) is -0.736. The minimum absolute atomic E-state index is 0.0694. The fourth-order valence-corrected chi connectivity index (χ4v) is 0.253. The Labute approximate surface area is 73.8 Å². The summed E-state index contributed by atoms with van der Waals surface area (Å²) in [6.45, 7) is 0.231. The molecule has 76 valence electrons. The van der Waals surface area contributed by atoms with E-state index in [1.165, 1.54) is 0 Å². The molecule has 7 nitrogen and oxygen atoms in total. The maximum absolute atomic E-state index is 9.52. The van der Waals surface area contributed by atoms with Gasteiger partial charge >= 0.3 is 17.9 Å². The Morgan fingerprint density at radius 2 is 1.31 bits per heavy atom. The molecule has 0 rings (SSSR count). The summed E-state index contributed by atoms with van der Waals surface area (Å²) in [5.74, 6) is -3.46. The predicted molar refractivity (Wildman–Crippen MR) is 41.2 cm³/mol. The Balaban J connectivity index is 0. The molecule has 0 spiro atoms. The third-order valence-electron chi connectivity index (χ3n) is 0.661. The fraction of sp³-hybridized carbons (Fsp3) is 0.500. The maximum Gasteiger partial charge on any atom is 0.314 e. The average molecular weight is 193 g/mol. The summed E-state index contributed by atoms with van der Waals surface area (Å²) >= 11 is 0. The van der Waals surface area contributed by atoms with Crippen LogP contribution in [-0.4, -0.2) is 39.8 Å². The molecular weight excluding hydrogens is 182 g/mol. The lowest BCUT2D eigenvalue weighted by molar-refractivity contribution is -0.147. The molecule has 0 aromatic rings. The van der Waals surface area contributed by atoms with Crippen molar-refractivity contribution in [2.45, 2.75) is 12.8 Å². The van der Waals surface area contributed by atoms with Gasteiger partial charge in [-0.3, -0.25) is 14.4 Å². The van der Waals surface area contributed by atoms with Crippen molar-refractivity contribution in [2.75, 3.05) is 6.54 Å². The maximum atomic E-state index is 9.52. The summed E-state index contributed by atoms with van der Waals surface area (Å²) in [6, 6.07) is 0. The molecule has 0 aliphatic carbocycles. The fourth-order valence-electron chi connectivity index (χ4n) is 0.253. The zero-order chi connectivity index (χ0) is 10.9. The molecule has 0 atom stereocenters. The molecule has 0 bridgehead atoms. The second-order valence-corrected chi connectivity index (χ2v) is 1.90. The zero-order valence-corrected chi connectivity index (χ0v) is 6.77. The standard InChI is InChI=1S/C3H7NO2.C3H4O4/c4-2-1-3(5)6;4-2(5)1-3(6)7/h1-2,4H2,(H,5,6);1H2,(H,4,5)(H,6,7). The van der Waals surface area contributed by atoms with Gasteiger partial charge in [-0.1, -0.05) is 0 Å². The van der Waals surface area contributed by atoms with Crippen LogP contribution in [0.1, 0.15) is 12.8 Å². The van der Waals surface area contributed by atoms with Gasteiger partial charge in [0.2, 0.25) is 0 Å². The van der Waals surface area contributed by atoms with Crippen molar-refractivity contribution >= 4 is 17.9 Å². The molecule has 0 aromatic carbocycles. The second-order valence-electron chi connectivity index (χ2n) is 1.90. The third-order valence-corrected chi connectivity index (χ3v) is 0.661. The lowest BCUT2D eigenvalue weighted by Crippen LogP contribution is -2.05. The normalized spacial score (nSPS) is 8.08. The van der Waals surface area contributed by atoms with Gasteiger partial charge in [-0.05, 0) is 0 Å². The third kappa shape index (κ3) is 25.2. The first kappa shape index (κ1) is 13.9. The van der Waals surface area contributed by atoms with Crippen molar-refractivity contribution in [1.82, 2.24) is 0 Å². The van der Waals surface area contributed by atoms with E-state index in [-0.39, 0.29) is 13.0 Å². The number of nitrogens with two attached hydrogens (primary N) is 1. The number of carboxylic acids is 3. The van der Waals surface area contributed by atoms with Gasteiger partial charge in [-0.2, -0.15) is 0 Å². The number of aliphatic carboxylic acids is 3. The summed E-state index contributed by atoms with van der Waals surface area (Å²) in [7, 11) is 0. The lowest BCUT2D eigenvalue weighted by atomic mass is 10.5. The van der Waals surface area contributed by atoms with E-state index in [1.54, 1.807) is 0 Å². The first-order valence-corrected chi connectivity index (χ1v) is 3.25. The van der Waals surface area contributed by atoms with Crippen molar-refractivity contribution in [3.63, 3.8) is 0 Å². The Morgan fingerprint density at radius 3 is 1.31 bits per heavy atom. The van der Waals surface area contributed by atoms with Crippen LogP contribution in [0.4, 0.5) is 0 Å². The van der Waals surface area contributed by atoms with Gasteiger partial charge < -0.3 is 21.1 Å². The van der Waals surface area contributed by atoms with Gasteiger partial charge in [0.1, 0.15) is 6.42 Å². The van der Waals surface area contributed by atoms with E-state index in [0.717, 1.165) is 0 Å². The average Bonchev–Trinajstić information content (AvgIpc) is 1.83. The Bertz CT molecular complexity index is 178. The summed E-state index contributed by atoms with van der Waals surface area (Å²) in [5.41, 5.74) is 4.85. The Kier molecular flexibility index (Phi) is 9.07. The minimum Gasteiger partial charge on any atom is -0.481 e. The van der Waals surface area contributed by atoms with Crippen LogP contribution in [0.5, 0.6) is 0 Å². The molecule has 0 saturated heterocycles. The molecule has 0 heterocycles. The molecule has 0 aromatic heterocycles. The highest BCUT2D eigenvalue weighted by Gasteiger charge is 2.01. The zero-order valence-electron chi connectivity index (χ0n) is 6.77. The smallest absolute Gasteiger partial charge is 0.314 e. The van der Waals surface area contributed by atoms with Crippen LogP contribution in [-0.2, 0) is 14.4 Å². The quantitative estimate of drug-likeness (QED) is 0.418. The van der Waals surface area contributed by atoms with E-state index in [4.69, 9.17) is 21.1 Å². The van der Waals surface area contributed by atoms with Crippen LogP contribution in [0, 0.1) is 0 Å². The van der Waals surface area contributed by atoms with Crippen LogP contribution in [0.15, 0.2) is 0 Å². The lowest BCUT2D eigenvalue weighted by Gasteiger charge is -1.80. The van der Waals surface area contributed by atoms with Gasteiger partial charge in [0.15, 0.2) is 0 Å². The molecule has 0 aliphatic heterocycles. The van der Waals surface area contributed by atoms with Gasteiger partial charge in [-0.25, -0.2) is 0 Å². The topological polar surface area (TPSA) is 138 Å². The van der Waals surface area contributed by atoms with Crippen molar-refractivity contribution in [1.29, 1.82) is 0 Å². The molecule has 5 N–H and O–H groups in total. The van der Waals surface area contributed by atoms with Gasteiger partial charge in [0, 0.05) is 6.54 Å². The van der Waals surface area contributed by atoms with E-state index < -0.39 is 24.3 Å². The highest BCUT2D eigenvalue weighted by Crippen LogP contribution is 1.74. The minimum atomic E-state index is -1.31. The van der Waals surface area contributed by atoms with E-state index in [2.05, 4.69) is 0 Å². The van der Waals surface area contributed by atoms with Crippen LogP contribution in [0.2, 0.25) is 0 Å². The van der Waals surface area contributed by atoms with E-state index in [0.29, 0.717) is 0 Å². The highest BCUT2D eigenvalue weighted by atomic mass is 16.4. The monoisotopic (exact) mass is 193 g/mol. The highest BCUT2D eigenvalue weighted by molar-refractivity contribution is 5.88. The Hall–Kier alpha value is -1.63. The van der Waals surface area contributed by atoms with Gasteiger partial charge in [0.05, 0.1) is 6.42 Å². The molecule has 7 heteroatoms. The van der Waals surface area contributed by atoms with Crippen LogP contribution >= 0.6 is 0 Å². The molecule has 13 heavy (non-hydrogen) atoms. The summed E-state index contributed by atoms with van der Waals surface area (Å²) in [4.78, 5) is 28.4. The molecule has 0 fully saturated rings. The SMILES string of the molecule is NCCC(=O)O.O=C(O)CC(=O)O. The van der Waals surface area contributed by atoms with Crippen molar-refractivity contribution < 1.29 is 29.7 Å². The van der Waals surface area contributed by atoms with Crippen molar-refractivity contribution in [3.05, 3.63) is 0 Å². The van der Waals surface area contributed by atoms with Gasteiger partial charge in [-0.15, -0.1) is 0 Å².